The Bertz CT molecular complexity index is 564. The van der Waals surface area contributed by atoms with Crippen LogP contribution >= 0.6 is 0 Å². The predicted molar refractivity (Wildman–Crippen MR) is 91.7 cm³/mol. The molecule has 0 amide bonds. The summed E-state index contributed by atoms with van der Waals surface area (Å²) in [6.07, 6.45) is 8.38. The Balaban J connectivity index is 2.56. The fourth-order valence-corrected chi connectivity index (χ4v) is 3.14. The first kappa shape index (κ1) is 19.4. The third-order valence-corrected chi connectivity index (χ3v) is 4.96. The van der Waals surface area contributed by atoms with Gasteiger partial charge in [0.05, 0.1) is 22.7 Å². The topological polar surface area (TPSA) is 60.4 Å². The number of aldehydes is 1. The van der Waals surface area contributed by atoms with Gasteiger partial charge in [-0.3, -0.25) is 0 Å². The number of ether oxygens (including phenoxy) is 1. The van der Waals surface area contributed by atoms with Crippen molar-refractivity contribution < 1.29 is 17.9 Å². The van der Waals surface area contributed by atoms with E-state index in [1.165, 1.54) is 12.7 Å². The zero-order chi connectivity index (χ0) is 17.0. The number of rotatable bonds is 12. The van der Waals surface area contributed by atoms with Gasteiger partial charge in [0.25, 0.3) is 0 Å². The summed E-state index contributed by atoms with van der Waals surface area (Å²) in [5, 5.41) is 1.09. The van der Waals surface area contributed by atoms with Crippen LogP contribution in [0, 0.1) is 0 Å². The van der Waals surface area contributed by atoms with Crippen LogP contribution in [-0.4, -0.2) is 20.8 Å². The first-order valence-corrected chi connectivity index (χ1v) is 9.70. The first-order chi connectivity index (χ1) is 11.1. The number of sulfone groups is 1. The quantitative estimate of drug-likeness (QED) is 0.324. The van der Waals surface area contributed by atoms with E-state index in [0.29, 0.717) is 12.8 Å². The summed E-state index contributed by atoms with van der Waals surface area (Å²) < 4.78 is 29.8. The maximum Gasteiger partial charge on any atom is 0.202 e. The average molecular weight is 338 g/mol. The van der Waals surface area contributed by atoms with Crippen molar-refractivity contribution in [3.8, 4) is 0 Å². The van der Waals surface area contributed by atoms with Crippen molar-refractivity contribution in [2.45, 2.75) is 62.9 Å². The Kier molecular flexibility index (Phi) is 9.29. The second-order valence-electron chi connectivity index (χ2n) is 5.48. The van der Waals surface area contributed by atoms with Gasteiger partial charge < -0.3 is 9.53 Å². The highest BCUT2D eigenvalue weighted by Gasteiger charge is 2.11. The van der Waals surface area contributed by atoms with Crippen molar-refractivity contribution in [1.82, 2.24) is 0 Å². The fraction of sp³-hybridized carbons (Fsp3) is 0.500. The molecule has 0 bridgehead atoms. The molecule has 0 aliphatic rings. The van der Waals surface area contributed by atoms with Gasteiger partial charge in [-0.25, -0.2) is 8.42 Å². The Morgan fingerprint density at radius 2 is 1.83 bits per heavy atom. The summed E-state index contributed by atoms with van der Waals surface area (Å²) >= 11 is 0. The standard InChI is InChI=1S/C18H26O4S/c1-2-3-4-6-10-17(11-9-14-19)22-15-16-23(20,21)18-12-7-5-8-13-18/h5,7-8,12-17H,2-4,6,9-11H2,1H3/b16-15-/t17-/m1/s1. The van der Waals surface area contributed by atoms with E-state index in [-0.39, 0.29) is 11.0 Å². The Morgan fingerprint density at radius 3 is 2.48 bits per heavy atom. The summed E-state index contributed by atoms with van der Waals surface area (Å²) in [5.74, 6) is 0. The van der Waals surface area contributed by atoms with Crippen LogP contribution in [0.3, 0.4) is 0 Å². The molecule has 0 aliphatic heterocycles. The summed E-state index contributed by atoms with van der Waals surface area (Å²) in [6, 6.07) is 8.23. The van der Waals surface area contributed by atoms with Gasteiger partial charge >= 0.3 is 0 Å². The van der Waals surface area contributed by atoms with Gasteiger partial charge in [-0.05, 0) is 31.4 Å². The second-order valence-corrected chi connectivity index (χ2v) is 7.32. The van der Waals surface area contributed by atoms with E-state index in [1.54, 1.807) is 30.3 Å². The SMILES string of the molecule is CCCCCC[C@H](CCC=O)O/C=C\S(=O)(=O)c1ccccc1. The van der Waals surface area contributed by atoms with E-state index in [0.717, 1.165) is 37.4 Å². The molecule has 1 aromatic carbocycles. The molecule has 0 N–H and O–H groups in total. The molecular formula is C18H26O4S. The average Bonchev–Trinajstić information content (AvgIpc) is 2.56. The van der Waals surface area contributed by atoms with Crippen molar-refractivity contribution >= 4 is 16.1 Å². The van der Waals surface area contributed by atoms with E-state index < -0.39 is 9.84 Å². The molecule has 0 radical (unpaired) electrons. The van der Waals surface area contributed by atoms with Crippen LogP contribution in [0.25, 0.3) is 0 Å². The lowest BCUT2D eigenvalue weighted by Gasteiger charge is -2.15. The lowest BCUT2D eigenvalue weighted by Crippen LogP contribution is -2.10. The van der Waals surface area contributed by atoms with E-state index in [4.69, 9.17) is 4.74 Å². The zero-order valence-electron chi connectivity index (χ0n) is 13.7. The first-order valence-electron chi connectivity index (χ1n) is 8.16. The van der Waals surface area contributed by atoms with Crippen LogP contribution in [0.5, 0.6) is 0 Å². The number of carbonyl (C=O) groups is 1. The van der Waals surface area contributed by atoms with Crippen molar-refractivity contribution in [2.75, 3.05) is 0 Å². The van der Waals surface area contributed by atoms with E-state index in [2.05, 4.69) is 6.92 Å². The molecule has 0 unspecified atom stereocenters. The molecule has 0 saturated heterocycles. The van der Waals surface area contributed by atoms with Crippen LogP contribution in [0.2, 0.25) is 0 Å². The Hall–Kier alpha value is -1.62. The molecule has 1 aromatic rings. The molecule has 5 heteroatoms. The van der Waals surface area contributed by atoms with Crippen LogP contribution in [0.4, 0.5) is 0 Å². The van der Waals surface area contributed by atoms with E-state index >= 15 is 0 Å². The molecule has 4 nitrogen and oxygen atoms in total. The fourth-order valence-electron chi connectivity index (χ4n) is 2.24. The van der Waals surface area contributed by atoms with Gasteiger partial charge in [-0.15, -0.1) is 0 Å². The second kappa shape index (κ2) is 11.0. The largest absolute Gasteiger partial charge is 0.497 e. The third-order valence-electron chi connectivity index (χ3n) is 3.56. The molecule has 128 valence electrons. The zero-order valence-corrected chi connectivity index (χ0v) is 14.5. The molecule has 0 spiro atoms. The molecule has 0 saturated carbocycles. The van der Waals surface area contributed by atoms with E-state index in [1.807, 2.05) is 0 Å². The lowest BCUT2D eigenvalue weighted by atomic mass is 10.1. The highest BCUT2D eigenvalue weighted by Crippen LogP contribution is 2.15. The predicted octanol–water partition coefficient (Wildman–Crippen LogP) is 4.27. The molecular weight excluding hydrogens is 312 g/mol. The molecule has 0 heterocycles. The van der Waals surface area contributed by atoms with E-state index in [9.17, 15) is 13.2 Å². The van der Waals surface area contributed by atoms with Gasteiger partial charge in [0, 0.05) is 6.42 Å². The maximum absolute atomic E-state index is 12.1. The molecule has 1 atom stereocenters. The highest BCUT2D eigenvalue weighted by molar-refractivity contribution is 7.94. The molecule has 0 fully saturated rings. The van der Waals surface area contributed by atoms with Crippen LogP contribution in [0.15, 0.2) is 46.9 Å². The van der Waals surface area contributed by atoms with Crippen molar-refractivity contribution in [3.63, 3.8) is 0 Å². The summed E-state index contributed by atoms with van der Waals surface area (Å²) in [7, 11) is -3.48. The number of hydrogen-bond acceptors (Lipinski definition) is 4. The number of hydrogen-bond donors (Lipinski definition) is 0. The molecule has 1 rings (SSSR count). The Morgan fingerprint density at radius 1 is 1.09 bits per heavy atom. The van der Waals surface area contributed by atoms with Crippen LogP contribution in [0.1, 0.15) is 51.9 Å². The normalized spacial score (nSPS) is 13.1. The Labute approximate surface area is 139 Å². The van der Waals surface area contributed by atoms with Gasteiger partial charge in [0.15, 0.2) is 0 Å². The van der Waals surface area contributed by atoms with Gasteiger partial charge in [-0.2, -0.15) is 0 Å². The van der Waals surface area contributed by atoms with Crippen molar-refractivity contribution in [3.05, 3.63) is 42.0 Å². The molecule has 0 aromatic heterocycles. The van der Waals surface area contributed by atoms with Gasteiger partial charge in [-0.1, -0.05) is 44.4 Å². The lowest BCUT2D eigenvalue weighted by molar-refractivity contribution is -0.108. The summed E-state index contributed by atoms with van der Waals surface area (Å²) in [6.45, 7) is 2.15. The summed E-state index contributed by atoms with van der Waals surface area (Å²) in [5.41, 5.74) is 0. The monoisotopic (exact) mass is 338 g/mol. The highest BCUT2D eigenvalue weighted by atomic mass is 32.2. The number of benzene rings is 1. The maximum atomic E-state index is 12.1. The summed E-state index contributed by atoms with van der Waals surface area (Å²) in [4.78, 5) is 10.8. The molecule has 0 aliphatic carbocycles. The van der Waals surface area contributed by atoms with Crippen LogP contribution < -0.4 is 0 Å². The van der Waals surface area contributed by atoms with Gasteiger partial charge in [0.1, 0.15) is 6.29 Å². The minimum atomic E-state index is -3.48. The number of unbranched alkanes of at least 4 members (excludes halogenated alkanes) is 3. The number of carbonyl (C=O) groups excluding carboxylic acids is 1. The minimum Gasteiger partial charge on any atom is -0.497 e. The molecule has 23 heavy (non-hydrogen) atoms. The minimum absolute atomic E-state index is 0.112. The van der Waals surface area contributed by atoms with Crippen molar-refractivity contribution in [1.29, 1.82) is 0 Å². The smallest absolute Gasteiger partial charge is 0.202 e. The third kappa shape index (κ3) is 7.98. The van der Waals surface area contributed by atoms with Crippen molar-refractivity contribution in [2.24, 2.45) is 0 Å². The van der Waals surface area contributed by atoms with Crippen LogP contribution in [-0.2, 0) is 19.4 Å². The van der Waals surface area contributed by atoms with Gasteiger partial charge in [0.2, 0.25) is 9.84 Å².